The molecule has 0 unspecified atom stereocenters. The van der Waals surface area contributed by atoms with Crippen molar-refractivity contribution in [3.63, 3.8) is 0 Å². The number of carbonyl (C=O) groups is 1. The standard InChI is InChI=1S/C10H8FNO4S/c1-2-5-12-10(13)7-3-4-8(11)9(6-7)17(14,15)16/h1,3-4,6H,5H2,(H,12,13)(H,14,15,16). The molecule has 0 aliphatic carbocycles. The molecule has 0 atom stereocenters. The van der Waals surface area contributed by atoms with Crippen molar-refractivity contribution in [2.24, 2.45) is 0 Å². The minimum Gasteiger partial charge on any atom is -0.341 e. The summed E-state index contributed by atoms with van der Waals surface area (Å²) >= 11 is 0. The summed E-state index contributed by atoms with van der Waals surface area (Å²) < 4.78 is 43.4. The second kappa shape index (κ2) is 4.95. The topological polar surface area (TPSA) is 83.5 Å². The fraction of sp³-hybridized carbons (Fsp3) is 0.100. The molecular weight excluding hydrogens is 249 g/mol. The van der Waals surface area contributed by atoms with E-state index in [1.807, 2.05) is 0 Å². The summed E-state index contributed by atoms with van der Waals surface area (Å²) in [5.74, 6) is 0.354. The van der Waals surface area contributed by atoms with Crippen LogP contribution in [0.2, 0.25) is 0 Å². The predicted octanol–water partition coefficient (Wildman–Crippen LogP) is 0.435. The molecule has 1 aromatic carbocycles. The maximum atomic E-state index is 13.1. The van der Waals surface area contributed by atoms with Gasteiger partial charge < -0.3 is 5.32 Å². The third-order valence-electron chi connectivity index (χ3n) is 1.82. The van der Waals surface area contributed by atoms with Crippen molar-refractivity contribution in [3.05, 3.63) is 29.6 Å². The van der Waals surface area contributed by atoms with Crippen LogP contribution < -0.4 is 5.32 Å². The average Bonchev–Trinajstić information content (AvgIpc) is 2.25. The van der Waals surface area contributed by atoms with Crippen LogP contribution in [0.1, 0.15) is 10.4 Å². The van der Waals surface area contributed by atoms with Gasteiger partial charge in [-0.2, -0.15) is 8.42 Å². The van der Waals surface area contributed by atoms with E-state index in [-0.39, 0.29) is 12.1 Å². The zero-order valence-electron chi connectivity index (χ0n) is 8.47. The Kier molecular flexibility index (Phi) is 3.83. The fourth-order valence-electron chi connectivity index (χ4n) is 1.08. The quantitative estimate of drug-likeness (QED) is 0.607. The van der Waals surface area contributed by atoms with Crippen molar-refractivity contribution >= 4 is 16.0 Å². The van der Waals surface area contributed by atoms with E-state index < -0.39 is 26.7 Å². The Bertz CT molecular complexity index is 589. The van der Waals surface area contributed by atoms with Crippen LogP contribution in [0.25, 0.3) is 0 Å². The Balaban J connectivity index is 3.14. The van der Waals surface area contributed by atoms with Crippen molar-refractivity contribution in [2.75, 3.05) is 6.54 Å². The number of nitrogens with one attached hydrogen (secondary N) is 1. The molecule has 0 saturated heterocycles. The van der Waals surface area contributed by atoms with Crippen LogP contribution in [0.4, 0.5) is 4.39 Å². The second-order valence-electron chi connectivity index (χ2n) is 3.01. The minimum absolute atomic E-state index is 0.0442. The van der Waals surface area contributed by atoms with Crippen LogP contribution in [-0.2, 0) is 10.1 Å². The lowest BCUT2D eigenvalue weighted by Gasteiger charge is -2.04. The third-order valence-corrected chi connectivity index (χ3v) is 2.69. The molecule has 0 aromatic heterocycles. The summed E-state index contributed by atoms with van der Waals surface area (Å²) in [6.45, 7) is -0.0442. The number of halogens is 1. The molecule has 0 aliphatic heterocycles. The molecule has 0 heterocycles. The summed E-state index contributed by atoms with van der Waals surface area (Å²) in [5, 5.41) is 2.27. The van der Waals surface area contributed by atoms with Gasteiger partial charge in [-0.05, 0) is 18.2 Å². The molecule has 0 saturated carbocycles. The molecular formula is C10H8FNO4S. The summed E-state index contributed by atoms with van der Waals surface area (Å²) in [5.41, 5.74) is -0.116. The number of amides is 1. The molecule has 0 radical (unpaired) electrons. The molecule has 0 aliphatic rings. The molecule has 0 bridgehead atoms. The van der Waals surface area contributed by atoms with Crippen LogP contribution >= 0.6 is 0 Å². The van der Waals surface area contributed by atoms with E-state index in [0.29, 0.717) is 0 Å². The monoisotopic (exact) mass is 257 g/mol. The number of hydrogen-bond acceptors (Lipinski definition) is 3. The number of carbonyl (C=O) groups excluding carboxylic acids is 1. The van der Waals surface area contributed by atoms with Crippen molar-refractivity contribution < 1.29 is 22.2 Å². The maximum absolute atomic E-state index is 13.1. The normalized spacial score (nSPS) is 10.6. The first kappa shape index (κ1) is 13.2. The molecule has 2 N–H and O–H groups in total. The van der Waals surface area contributed by atoms with Gasteiger partial charge in [0.2, 0.25) is 0 Å². The molecule has 1 aromatic rings. The first-order chi connectivity index (χ1) is 7.86. The van der Waals surface area contributed by atoms with Gasteiger partial charge >= 0.3 is 0 Å². The zero-order valence-corrected chi connectivity index (χ0v) is 9.29. The Morgan fingerprint density at radius 1 is 1.53 bits per heavy atom. The second-order valence-corrected chi connectivity index (χ2v) is 4.40. The number of rotatable bonds is 3. The minimum atomic E-state index is -4.71. The van der Waals surface area contributed by atoms with Crippen molar-refractivity contribution in [3.8, 4) is 12.3 Å². The van der Waals surface area contributed by atoms with E-state index in [1.54, 1.807) is 0 Å². The van der Waals surface area contributed by atoms with Crippen LogP contribution in [-0.4, -0.2) is 25.4 Å². The van der Waals surface area contributed by atoms with Crippen molar-refractivity contribution in [1.29, 1.82) is 0 Å². The molecule has 1 rings (SSSR count). The Hall–Kier alpha value is -1.91. The highest BCUT2D eigenvalue weighted by Gasteiger charge is 2.18. The summed E-state index contributed by atoms with van der Waals surface area (Å²) in [6, 6.07) is 2.58. The van der Waals surface area contributed by atoms with E-state index >= 15 is 0 Å². The molecule has 90 valence electrons. The van der Waals surface area contributed by atoms with Crippen LogP contribution in [0.5, 0.6) is 0 Å². The Labute approximate surface area is 97.4 Å². The summed E-state index contributed by atoms with van der Waals surface area (Å²) in [7, 11) is -4.71. The van der Waals surface area contributed by atoms with Crippen LogP contribution in [0.3, 0.4) is 0 Å². The van der Waals surface area contributed by atoms with Gasteiger partial charge in [-0.25, -0.2) is 4.39 Å². The molecule has 5 nitrogen and oxygen atoms in total. The highest BCUT2D eigenvalue weighted by molar-refractivity contribution is 7.85. The maximum Gasteiger partial charge on any atom is 0.297 e. The van der Waals surface area contributed by atoms with Gasteiger partial charge in [-0.15, -0.1) is 6.42 Å². The molecule has 0 fully saturated rings. The van der Waals surface area contributed by atoms with Crippen molar-refractivity contribution in [2.45, 2.75) is 4.90 Å². The predicted molar refractivity (Wildman–Crippen MR) is 57.4 cm³/mol. The first-order valence-electron chi connectivity index (χ1n) is 4.35. The van der Waals surface area contributed by atoms with E-state index in [4.69, 9.17) is 11.0 Å². The highest BCUT2D eigenvalue weighted by Crippen LogP contribution is 2.15. The molecule has 0 spiro atoms. The van der Waals surface area contributed by atoms with Gasteiger partial charge in [-0.1, -0.05) is 5.92 Å². The lowest BCUT2D eigenvalue weighted by molar-refractivity contribution is 0.0958. The summed E-state index contributed by atoms with van der Waals surface area (Å²) in [4.78, 5) is 10.4. The van der Waals surface area contributed by atoms with Gasteiger partial charge in [0.05, 0.1) is 6.54 Å². The van der Waals surface area contributed by atoms with Crippen LogP contribution in [0.15, 0.2) is 23.1 Å². The van der Waals surface area contributed by atoms with Gasteiger partial charge in [0.1, 0.15) is 10.7 Å². The fourth-order valence-corrected chi connectivity index (χ4v) is 1.67. The smallest absolute Gasteiger partial charge is 0.297 e. The SMILES string of the molecule is C#CCNC(=O)c1ccc(F)c(S(=O)(=O)O)c1. The first-order valence-corrected chi connectivity index (χ1v) is 5.79. The lowest BCUT2D eigenvalue weighted by Crippen LogP contribution is -2.23. The number of terminal acetylenes is 1. The van der Waals surface area contributed by atoms with Gasteiger partial charge in [0.25, 0.3) is 16.0 Å². The van der Waals surface area contributed by atoms with Gasteiger partial charge in [-0.3, -0.25) is 9.35 Å². The largest absolute Gasteiger partial charge is 0.341 e. The van der Waals surface area contributed by atoms with E-state index in [2.05, 4.69) is 11.2 Å². The zero-order chi connectivity index (χ0) is 13.1. The highest BCUT2D eigenvalue weighted by atomic mass is 32.2. The number of benzene rings is 1. The third kappa shape index (κ3) is 3.27. The van der Waals surface area contributed by atoms with E-state index in [1.165, 1.54) is 0 Å². The van der Waals surface area contributed by atoms with Gasteiger partial charge in [0.15, 0.2) is 0 Å². The van der Waals surface area contributed by atoms with E-state index in [9.17, 15) is 17.6 Å². The number of hydrogen-bond donors (Lipinski definition) is 2. The van der Waals surface area contributed by atoms with E-state index in [0.717, 1.165) is 18.2 Å². The van der Waals surface area contributed by atoms with Gasteiger partial charge in [0, 0.05) is 5.56 Å². The average molecular weight is 257 g/mol. The summed E-state index contributed by atoms with van der Waals surface area (Å²) in [6.07, 6.45) is 4.92. The molecule has 17 heavy (non-hydrogen) atoms. The van der Waals surface area contributed by atoms with Crippen LogP contribution in [0, 0.1) is 18.2 Å². The Morgan fingerprint density at radius 3 is 2.71 bits per heavy atom. The molecule has 7 heteroatoms. The van der Waals surface area contributed by atoms with Crippen molar-refractivity contribution in [1.82, 2.24) is 5.32 Å². The molecule has 1 amide bonds. The lowest BCUT2D eigenvalue weighted by atomic mass is 10.2. The Morgan fingerprint density at radius 2 is 2.18 bits per heavy atom.